The van der Waals surface area contributed by atoms with Crippen LogP contribution in [0.3, 0.4) is 0 Å². The molecule has 0 saturated carbocycles. The average molecular weight is 250 g/mol. The lowest BCUT2D eigenvalue weighted by Gasteiger charge is -2.35. The molecule has 0 aromatic carbocycles. The topological polar surface area (TPSA) is 55.0 Å². The molecule has 0 aliphatic carbocycles. The number of thiocarbonyl (C=S) groups is 1. The highest BCUT2D eigenvalue weighted by molar-refractivity contribution is 7.80. The number of nitrogens with zero attached hydrogens (tertiary/aromatic N) is 3. The van der Waals surface area contributed by atoms with Gasteiger partial charge >= 0.3 is 0 Å². The zero-order chi connectivity index (χ0) is 12.3. The van der Waals surface area contributed by atoms with Crippen LogP contribution in [0.2, 0.25) is 0 Å². The minimum atomic E-state index is 0.332. The van der Waals surface area contributed by atoms with Gasteiger partial charge in [0.15, 0.2) is 0 Å². The first kappa shape index (κ1) is 12.2. The predicted octanol–water partition coefficient (Wildman–Crippen LogP) is 1.88. The molecule has 1 aromatic heterocycles. The lowest BCUT2D eigenvalue weighted by atomic mass is 10.0. The van der Waals surface area contributed by atoms with Gasteiger partial charge in [0.25, 0.3) is 0 Å². The summed E-state index contributed by atoms with van der Waals surface area (Å²) in [7, 11) is 0. The van der Waals surface area contributed by atoms with Crippen LogP contribution in [0, 0.1) is 0 Å². The van der Waals surface area contributed by atoms with Crippen LogP contribution >= 0.6 is 12.2 Å². The minimum Gasteiger partial charge on any atom is -0.388 e. The van der Waals surface area contributed by atoms with Crippen molar-refractivity contribution in [2.45, 2.75) is 38.6 Å². The molecule has 1 aliphatic rings. The zero-order valence-corrected chi connectivity index (χ0v) is 10.9. The van der Waals surface area contributed by atoms with Crippen LogP contribution < -0.4 is 10.6 Å². The van der Waals surface area contributed by atoms with E-state index in [2.05, 4.69) is 21.8 Å². The van der Waals surface area contributed by atoms with Gasteiger partial charge in [-0.2, -0.15) is 0 Å². The Bertz CT molecular complexity index is 407. The molecule has 0 amide bonds. The van der Waals surface area contributed by atoms with Crippen LogP contribution in [0.5, 0.6) is 0 Å². The van der Waals surface area contributed by atoms with Gasteiger partial charge < -0.3 is 10.6 Å². The molecule has 0 radical (unpaired) electrons. The summed E-state index contributed by atoms with van der Waals surface area (Å²) >= 11 is 4.95. The molecule has 0 bridgehead atoms. The van der Waals surface area contributed by atoms with E-state index >= 15 is 0 Å². The Morgan fingerprint density at radius 2 is 2.41 bits per heavy atom. The van der Waals surface area contributed by atoms with Crippen LogP contribution in [0.15, 0.2) is 12.3 Å². The number of hydrogen-bond acceptors (Lipinski definition) is 4. The van der Waals surface area contributed by atoms with E-state index in [4.69, 9.17) is 18.0 Å². The second-order valence-corrected chi connectivity index (χ2v) is 4.80. The van der Waals surface area contributed by atoms with Gasteiger partial charge in [-0.15, -0.1) is 0 Å². The molecular weight excluding hydrogens is 232 g/mol. The second kappa shape index (κ2) is 5.40. The molecule has 17 heavy (non-hydrogen) atoms. The third-order valence-electron chi connectivity index (χ3n) is 3.25. The molecule has 2 rings (SSSR count). The number of anilines is 1. The summed E-state index contributed by atoms with van der Waals surface area (Å²) in [6.07, 6.45) is 6.58. The lowest BCUT2D eigenvalue weighted by Crippen LogP contribution is -2.40. The molecule has 2 heterocycles. The Morgan fingerprint density at radius 3 is 3.12 bits per heavy atom. The van der Waals surface area contributed by atoms with Gasteiger partial charge in [-0.25, -0.2) is 9.97 Å². The quantitative estimate of drug-likeness (QED) is 0.830. The molecule has 1 atom stereocenters. The molecule has 1 unspecified atom stereocenters. The van der Waals surface area contributed by atoms with Crippen molar-refractivity contribution in [2.24, 2.45) is 5.73 Å². The Hall–Kier alpha value is -1.23. The van der Waals surface area contributed by atoms with Gasteiger partial charge in [-0.1, -0.05) is 19.1 Å². The van der Waals surface area contributed by atoms with Crippen molar-refractivity contribution in [2.75, 3.05) is 11.4 Å². The molecule has 1 fully saturated rings. The highest BCUT2D eigenvalue weighted by atomic mass is 32.1. The van der Waals surface area contributed by atoms with E-state index in [-0.39, 0.29) is 0 Å². The molecule has 1 aliphatic heterocycles. The van der Waals surface area contributed by atoms with Gasteiger partial charge in [-0.3, -0.25) is 0 Å². The van der Waals surface area contributed by atoms with Gasteiger partial charge in [0.05, 0.1) is 0 Å². The van der Waals surface area contributed by atoms with Crippen molar-refractivity contribution in [1.29, 1.82) is 0 Å². The van der Waals surface area contributed by atoms with Crippen LogP contribution in [0.1, 0.15) is 38.3 Å². The van der Waals surface area contributed by atoms with Crippen LogP contribution in [-0.4, -0.2) is 27.5 Å². The Morgan fingerprint density at radius 1 is 1.59 bits per heavy atom. The maximum absolute atomic E-state index is 5.60. The van der Waals surface area contributed by atoms with Crippen LogP contribution in [0.25, 0.3) is 0 Å². The Labute approximate surface area is 107 Å². The van der Waals surface area contributed by atoms with Crippen molar-refractivity contribution in [3.8, 4) is 0 Å². The first-order valence-corrected chi connectivity index (χ1v) is 6.52. The third kappa shape index (κ3) is 2.72. The number of rotatable bonds is 3. The molecule has 4 nitrogen and oxygen atoms in total. The summed E-state index contributed by atoms with van der Waals surface area (Å²) in [4.78, 5) is 11.4. The smallest absolute Gasteiger partial charge is 0.226 e. The number of aromatic nitrogens is 2. The van der Waals surface area contributed by atoms with Crippen molar-refractivity contribution < 1.29 is 0 Å². The molecule has 1 aromatic rings. The minimum absolute atomic E-state index is 0.332. The Balaban J connectivity index is 2.25. The van der Waals surface area contributed by atoms with Crippen molar-refractivity contribution in [3.05, 3.63) is 18.0 Å². The average Bonchev–Trinajstić information content (AvgIpc) is 2.39. The molecule has 92 valence electrons. The second-order valence-electron chi connectivity index (χ2n) is 4.36. The summed E-state index contributed by atoms with van der Waals surface area (Å²) in [5, 5.41) is 0. The monoisotopic (exact) mass is 250 g/mol. The summed E-state index contributed by atoms with van der Waals surface area (Å²) < 4.78 is 0. The van der Waals surface area contributed by atoms with E-state index in [1.807, 2.05) is 0 Å². The standard InChI is InChI=1S/C12H18N4S/c1-2-9-5-3-4-8-16(9)12-14-7-6-10(15-12)11(13)17/h6-7,9H,2-5,8H2,1H3,(H2,13,17). The fourth-order valence-corrected chi connectivity index (χ4v) is 2.43. The highest BCUT2D eigenvalue weighted by Gasteiger charge is 2.23. The van der Waals surface area contributed by atoms with E-state index in [0.717, 1.165) is 18.9 Å². The fourth-order valence-electron chi connectivity index (χ4n) is 2.31. The first-order chi connectivity index (χ1) is 8.22. The summed E-state index contributed by atoms with van der Waals surface area (Å²) in [6.45, 7) is 3.24. The molecule has 0 spiro atoms. The zero-order valence-electron chi connectivity index (χ0n) is 10.1. The summed E-state index contributed by atoms with van der Waals surface area (Å²) in [6, 6.07) is 2.31. The van der Waals surface area contributed by atoms with Crippen LogP contribution in [-0.2, 0) is 0 Å². The van der Waals surface area contributed by atoms with E-state index in [1.165, 1.54) is 19.3 Å². The number of nitrogens with two attached hydrogens (primary N) is 1. The Kier molecular flexibility index (Phi) is 3.89. The van der Waals surface area contributed by atoms with Crippen molar-refractivity contribution in [3.63, 3.8) is 0 Å². The first-order valence-electron chi connectivity index (χ1n) is 6.12. The van der Waals surface area contributed by atoms with Gasteiger partial charge in [0, 0.05) is 18.8 Å². The molecule has 2 N–H and O–H groups in total. The fraction of sp³-hybridized carbons (Fsp3) is 0.583. The van der Waals surface area contributed by atoms with E-state index in [9.17, 15) is 0 Å². The molecule has 1 saturated heterocycles. The summed E-state index contributed by atoms with van der Waals surface area (Å²) in [5.74, 6) is 0.766. The lowest BCUT2D eigenvalue weighted by molar-refractivity contribution is 0.443. The SMILES string of the molecule is CCC1CCCCN1c1nccc(C(N)=S)n1. The predicted molar refractivity (Wildman–Crippen MR) is 73.2 cm³/mol. The number of hydrogen-bond donors (Lipinski definition) is 1. The largest absolute Gasteiger partial charge is 0.388 e. The van der Waals surface area contributed by atoms with Crippen molar-refractivity contribution >= 4 is 23.2 Å². The van der Waals surface area contributed by atoms with Crippen LogP contribution in [0.4, 0.5) is 5.95 Å². The molecular formula is C12H18N4S. The van der Waals surface area contributed by atoms with Gasteiger partial charge in [0.2, 0.25) is 5.95 Å². The number of piperidine rings is 1. The maximum atomic E-state index is 5.60. The maximum Gasteiger partial charge on any atom is 0.226 e. The van der Waals surface area contributed by atoms with E-state index < -0.39 is 0 Å². The van der Waals surface area contributed by atoms with Crippen molar-refractivity contribution in [1.82, 2.24) is 9.97 Å². The summed E-state index contributed by atoms with van der Waals surface area (Å²) in [5.41, 5.74) is 6.26. The van der Waals surface area contributed by atoms with Gasteiger partial charge in [-0.05, 0) is 31.7 Å². The van der Waals surface area contributed by atoms with E-state index in [0.29, 0.717) is 16.7 Å². The van der Waals surface area contributed by atoms with Gasteiger partial charge in [0.1, 0.15) is 10.7 Å². The molecule has 5 heteroatoms. The van der Waals surface area contributed by atoms with E-state index in [1.54, 1.807) is 12.3 Å². The normalized spacial score (nSPS) is 20.3. The third-order valence-corrected chi connectivity index (χ3v) is 3.46. The highest BCUT2D eigenvalue weighted by Crippen LogP contribution is 2.23.